The molecular formula is C26H18F3N3O5S. The van der Waals surface area contributed by atoms with Gasteiger partial charge >= 0.3 is 6.36 Å². The number of halogens is 3. The van der Waals surface area contributed by atoms with Crippen LogP contribution < -0.4 is 24.4 Å². The second kappa shape index (κ2) is 10.5. The molecule has 0 unspecified atom stereocenters. The molecule has 0 spiro atoms. The second-order valence-electron chi connectivity index (χ2n) is 7.89. The third-order valence-electron chi connectivity index (χ3n) is 5.26. The number of anilines is 2. The molecule has 0 aliphatic carbocycles. The van der Waals surface area contributed by atoms with E-state index in [0.717, 1.165) is 17.8 Å². The van der Waals surface area contributed by atoms with Crippen LogP contribution in [0.1, 0.15) is 5.56 Å². The van der Waals surface area contributed by atoms with Gasteiger partial charge in [0.15, 0.2) is 22.4 Å². The SMILES string of the molecule is O=C(CSC1=N/C(=C/c2ccc3c(c2)OCO3)C(=O)N1c1ccccc1)Nc1ccccc1OC(F)(F)F. The van der Waals surface area contributed by atoms with Gasteiger partial charge < -0.3 is 19.5 Å². The van der Waals surface area contributed by atoms with E-state index in [1.807, 2.05) is 0 Å². The number of para-hydroxylation sites is 3. The van der Waals surface area contributed by atoms with Gasteiger partial charge in [-0.15, -0.1) is 13.2 Å². The zero-order chi connectivity index (χ0) is 26.7. The molecule has 0 fully saturated rings. The fourth-order valence-electron chi connectivity index (χ4n) is 3.66. The number of amidine groups is 1. The first-order valence-corrected chi connectivity index (χ1v) is 12.1. The average molecular weight is 542 g/mol. The summed E-state index contributed by atoms with van der Waals surface area (Å²) in [7, 11) is 0. The number of amides is 2. The summed E-state index contributed by atoms with van der Waals surface area (Å²) < 4.78 is 52.8. The fraction of sp³-hybridized carbons (Fsp3) is 0.115. The maximum atomic E-state index is 13.3. The Balaban J connectivity index is 1.35. The van der Waals surface area contributed by atoms with Crippen LogP contribution in [0.3, 0.4) is 0 Å². The first-order valence-electron chi connectivity index (χ1n) is 11.1. The van der Waals surface area contributed by atoms with Crippen molar-refractivity contribution in [1.29, 1.82) is 0 Å². The lowest BCUT2D eigenvalue weighted by molar-refractivity contribution is -0.274. The fourth-order valence-corrected chi connectivity index (χ4v) is 4.47. The van der Waals surface area contributed by atoms with Crippen molar-refractivity contribution in [2.24, 2.45) is 4.99 Å². The Morgan fingerprint density at radius 3 is 2.58 bits per heavy atom. The Morgan fingerprint density at radius 1 is 1.05 bits per heavy atom. The van der Waals surface area contributed by atoms with Crippen molar-refractivity contribution in [1.82, 2.24) is 0 Å². The molecule has 5 rings (SSSR count). The number of hydrogen-bond donors (Lipinski definition) is 1. The Kier molecular flexibility index (Phi) is 6.97. The predicted octanol–water partition coefficient (Wildman–Crippen LogP) is 5.43. The van der Waals surface area contributed by atoms with E-state index in [9.17, 15) is 22.8 Å². The van der Waals surface area contributed by atoms with Crippen molar-refractivity contribution in [3.63, 3.8) is 0 Å². The number of carbonyl (C=O) groups excluding carboxylic acids is 2. The summed E-state index contributed by atoms with van der Waals surface area (Å²) in [6, 6.07) is 19.2. The molecular weight excluding hydrogens is 523 g/mol. The van der Waals surface area contributed by atoms with Gasteiger partial charge in [-0.2, -0.15) is 0 Å². The van der Waals surface area contributed by atoms with Crippen LogP contribution in [0.2, 0.25) is 0 Å². The quantitative estimate of drug-likeness (QED) is 0.419. The standard InChI is InChI=1S/C26H18F3N3O5S/c27-26(28,29)37-20-9-5-4-8-18(20)30-23(33)14-38-25-31-19(24(34)32(25)17-6-2-1-3-7-17)12-16-10-11-21-22(13-16)36-15-35-21/h1-13H,14-15H2,(H,30,33)/b19-12+. The molecule has 38 heavy (non-hydrogen) atoms. The molecule has 2 heterocycles. The lowest BCUT2D eigenvalue weighted by Crippen LogP contribution is -2.31. The van der Waals surface area contributed by atoms with Crippen LogP contribution in [0.25, 0.3) is 6.08 Å². The highest BCUT2D eigenvalue weighted by atomic mass is 32.2. The minimum atomic E-state index is -4.91. The van der Waals surface area contributed by atoms with Crippen LogP contribution in [0.4, 0.5) is 24.5 Å². The second-order valence-corrected chi connectivity index (χ2v) is 8.84. The molecule has 3 aromatic carbocycles. The van der Waals surface area contributed by atoms with Crippen molar-refractivity contribution in [3.8, 4) is 17.2 Å². The van der Waals surface area contributed by atoms with Gasteiger partial charge in [0, 0.05) is 0 Å². The van der Waals surface area contributed by atoms with Crippen molar-refractivity contribution < 1.29 is 37.0 Å². The maximum Gasteiger partial charge on any atom is 0.573 e. The van der Waals surface area contributed by atoms with Crippen LogP contribution in [0.5, 0.6) is 17.2 Å². The molecule has 194 valence electrons. The summed E-state index contributed by atoms with van der Waals surface area (Å²) in [5.41, 5.74) is 1.21. The van der Waals surface area contributed by atoms with Gasteiger partial charge in [0.1, 0.15) is 5.70 Å². The van der Waals surface area contributed by atoms with E-state index in [4.69, 9.17) is 9.47 Å². The highest BCUT2D eigenvalue weighted by molar-refractivity contribution is 8.14. The zero-order valence-corrected chi connectivity index (χ0v) is 20.2. The third-order valence-corrected chi connectivity index (χ3v) is 6.20. The van der Waals surface area contributed by atoms with Crippen molar-refractivity contribution >= 4 is 46.2 Å². The van der Waals surface area contributed by atoms with Crippen molar-refractivity contribution in [3.05, 3.63) is 84.1 Å². The van der Waals surface area contributed by atoms with Crippen molar-refractivity contribution in [2.45, 2.75) is 6.36 Å². The Morgan fingerprint density at radius 2 is 1.79 bits per heavy atom. The number of fused-ring (bicyclic) bond motifs is 1. The van der Waals surface area contributed by atoms with E-state index < -0.39 is 23.9 Å². The van der Waals surface area contributed by atoms with Crippen LogP contribution >= 0.6 is 11.8 Å². The molecule has 2 amide bonds. The molecule has 0 radical (unpaired) electrons. The molecule has 0 saturated heterocycles. The summed E-state index contributed by atoms with van der Waals surface area (Å²) in [4.78, 5) is 31.8. The van der Waals surface area contributed by atoms with E-state index >= 15 is 0 Å². The number of rotatable bonds is 6. The molecule has 1 N–H and O–H groups in total. The summed E-state index contributed by atoms with van der Waals surface area (Å²) >= 11 is 0.966. The summed E-state index contributed by atoms with van der Waals surface area (Å²) in [6.07, 6.45) is -3.32. The number of carbonyl (C=O) groups is 2. The number of hydrogen-bond acceptors (Lipinski definition) is 7. The number of alkyl halides is 3. The van der Waals surface area contributed by atoms with E-state index in [1.54, 1.807) is 54.6 Å². The lowest BCUT2D eigenvalue weighted by atomic mass is 10.1. The van der Waals surface area contributed by atoms with E-state index in [2.05, 4.69) is 15.0 Å². The van der Waals surface area contributed by atoms with Gasteiger partial charge in [-0.3, -0.25) is 14.5 Å². The smallest absolute Gasteiger partial charge is 0.454 e. The minimum Gasteiger partial charge on any atom is -0.454 e. The topological polar surface area (TPSA) is 89.5 Å². The molecule has 0 aromatic heterocycles. The molecule has 8 nitrogen and oxygen atoms in total. The molecule has 0 bridgehead atoms. The van der Waals surface area contributed by atoms with Gasteiger partial charge in [0.05, 0.1) is 17.1 Å². The first kappa shape index (κ1) is 25.2. The molecule has 2 aliphatic heterocycles. The van der Waals surface area contributed by atoms with Gasteiger partial charge in [0.2, 0.25) is 12.7 Å². The van der Waals surface area contributed by atoms with Crippen molar-refractivity contribution in [2.75, 3.05) is 22.8 Å². The number of nitrogens with zero attached hydrogens (tertiary/aromatic N) is 2. The maximum absolute atomic E-state index is 13.3. The monoisotopic (exact) mass is 541 g/mol. The van der Waals surface area contributed by atoms with Gasteiger partial charge in [0.25, 0.3) is 5.91 Å². The summed E-state index contributed by atoms with van der Waals surface area (Å²) in [6.45, 7) is 0.115. The van der Waals surface area contributed by atoms with E-state index in [-0.39, 0.29) is 29.1 Å². The number of ether oxygens (including phenoxy) is 3. The summed E-state index contributed by atoms with van der Waals surface area (Å²) in [5, 5.41) is 2.65. The Labute approximate surface area is 218 Å². The molecule has 12 heteroatoms. The van der Waals surface area contributed by atoms with Gasteiger partial charge in [-0.1, -0.05) is 48.2 Å². The highest BCUT2D eigenvalue weighted by Crippen LogP contribution is 2.35. The average Bonchev–Trinajstić information content (AvgIpc) is 3.47. The normalized spacial score (nSPS) is 15.6. The predicted molar refractivity (Wildman–Crippen MR) is 136 cm³/mol. The first-order chi connectivity index (χ1) is 18.3. The van der Waals surface area contributed by atoms with Crippen LogP contribution in [-0.2, 0) is 9.59 Å². The lowest BCUT2D eigenvalue weighted by Gasteiger charge is -2.18. The number of aliphatic imine (C=N–C) groups is 1. The van der Waals surface area contributed by atoms with Crippen LogP contribution in [0, 0.1) is 0 Å². The van der Waals surface area contributed by atoms with Gasteiger partial charge in [-0.05, 0) is 48.0 Å². The Bertz CT molecular complexity index is 1440. The molecule has 0 atom stereocenters. The Hall–Kier alpha value is -4.45. The van der Waals surface area contributed by atoms with Gasteiger partial charge in [-0.25, -0.2) is 4.99 Å². The molecule has 0 saturated carbocycles. The highest BCUT2D eigenvalue weighted by Gasteiger charge is 2.34. The summed E-state index contributed by atoms with van der Waals surface area (Å²) in [5.74, 6) is -0.622. The molecule has 3 aromatic rings. The zero-order valence-electron chi connectivity index (χ0n) is 19.4. The minimum absolute atomic E-state index is 0.115. The van der Waals surface area contributed by atoms with E-state index in [1.165, 1.54) is 23.1 Å². The number of benzene rings is 3. The molecule has 2 aliphatic rings. The van der Waals surface area contributed by atoms with E-state index in [0.29, 0.717) is 22.7 Å². The third kappa shape index (κ3) is 5.75. The van der Waals surface area contributed by atoms with Crippen LogP contribution in [-0.4, -0.2) is 35.9 Å². The number of thioether (sulfide) groups is 1. The van der Waals surface area contributed by atoms with Crippen LogP contribution in [0.15, 0.2) is 83.5 Å². The number of nitrogens with one attached hydrogen (secondary N) is 1. The largest absolute Gasteiger partial charge is 0.573 e.